The van der Waals surface area contributed by atoms with E-state index >= 15 is 0 Å². The third-order valence-electron chi connectivity index (χ3n) is 7.26. The predicted molar refractivity (Wildman–Crippen MR) is 135 cm³/mol. The van der Waals surface area contributed by atoms with Crippen molar-refractivity contribution in [3.05, 3.63) is 104 Å². The molecular formula is C30H18O8. The van der Waals surface area contributed by atoms with Crippen molar-refractivity contribution in [2.24, 2.45) is 0 Å². The molecule has 0 saturated carbocycles. The molecule has 0 radical (unpaired) electrons. The van der Waals surface area contributed by atoms with Gasteiger partial charge < -0.3 is 20.4 Å². The first-order valence-corrected chi connectivity index (χ1v) is 11.6. The first-order valence-electron chi connectivity index (χ1n) is 11.6. The molecular weight excluding hydrogens is 488 g/mol. The molecule has 0 bridgehead atoms. The Morgan fingerprint density at radius 3 is 1.05 bits per heavy atom. The molecule has 0 heterocycles. The SMILES string of the molecule is Cc1ccc2c(c1O)C(=O)c1ccc(O)c(-c3c(O)ccc4c3C(=O)c3ccc(C)c(O)c3C4=O)c1C2=O. The number of hydrogen-bond acceptors (Lipinski definition) is 8. The van der Waals surface area contributed by atoms with Crippen molar-refractivity contribution < 1.29 is 39.6 Å². The van der Waals surface area contributed by atoms with Crippen LogP contribution < -0.4 is 0 Å². The first kappa shape index (κ1) is 23.2. The molecule has 8 nitrogen and oxygen atoms in total. The highest BCUT2D eigenvalue weighted by Gasteiger charge is 2.40. The lowest BCUT2D eigenvalue weighted by atomic mass is 9.75. The molecule has 2 aliphatic carbocycles. The van der Waals surface area contributed by atoms with E-state index in [1.165, 1.54) is 36.4 Å². The second-order valence-electron chi connectivity index (χ2n) is 9.39. The van der Waals surface area contributed by atoms with Gasteiger partial charge in [-0.3, -0.25) is 19.2 Å². The summed E-state index contributed by atoms with van der Waals surface area (Å²) in [5.74, 6) is -4.46. The number of aromatic hydroxyl groups is 4. The molecule has 4 N–H and O–H groups in total. The number of aryl methyl sites for hydroxylation is 2. The maximum absolute atomic E-state index is 13.7. The fourth-order valence-electron chi connectivity index (χ4n) is 5.31. The van der Waals surface area contributed by atoms with Crippen molar-refractivity contribution >= 4 is 23.1 Å². The summed E-state index contributed by atoms with van der Waals surface area (Å²) in [6, 6.07) is 10.5. The van der Waals surface area contributed by atoms with E-state index < -0.39 is 34.6 Å². The summed E-state index contributed by atoms with van der Waals surface area (Å²) >= 11 is 0. The zero-order valence-corrected chi connectivity index (χ0v) is 20.0. The molecule has 2 aliphatic rings. The second-order valence-corrected chi connectivity index (χ2v) is 9.39. The Kier molecular flexibility index (Phi) is 4.65. The van der Waals surface area contributed by atoms with Gasteiger partial charge in [0.1, 0.15) is 23.0 Å². The largest absolute Gasteiger partial charge is 0.507 e. The fraction of sp³-hybridized carbons (Fsp3) is 0.0667. The van der Waals surface area contributed by atoms with Crippen molar-refractivity contribution in [3.8, 4) is 34.1 Å². The second kappa shape index (κ2) is 7.63. The standard InChI is InChI=1S/C30H18O8/c1-11-3-5-15-21(25(11)33)29(37)13-7-9-17(31)23(19(13)27(15)35)24-18(32)10-8-14-20(24)28(36)16-6-4-12(2)26(34)22(16)30(14)38/h3-10,31-34H,1-2H3. The molecule has 4 aromatic rings. The van der Waals surface area contributed by atoms with Crippen molar-refractivity contribution in [2.45, 2.75) is 13.8 Å². The van der Waals surface area contributed by atoms with E-state index in [2.05, 4.69) is 0 Å². The Morgan fingerprint density at radius 1 is 0.395 bits per heavy atom. The molecule has 0 aromatic heterocycles. The van der Waals surface area contributed by atoms with Crippen LogP contribution in [0.1, 0.15) is 74.8 Å². The summed E-state index contributed by atoms with van der Waals surface area (Å²) < 4.78 is 0. The van der Waals surface area contributed by atoms with Gasteiger partial charge in [-0.25, -0.2) is 0 Å². The van der Waals surface area contributed by atoms with Gasteiger partial charge in [-0.2, -0.15) is 0 Å². The Hall–Kier alpha value is -5.24. The fourth-order valence-corrected chi connectivity index (χ4v) is 5.31. The van der Waals surface area contributed by atoms with Crippen LogP contribution in [0.5, 0.6) is 23.0 Å². The highest BCUT2D eigenvalue weighted by molar-refractivity contribution is 6.34. The van der Waals surface area contributed by atoms with Gasteiger partial charge in [-0.1, -0.05) is 12.1 Å². The van der Waals surface area contributed by atoms with Crippen LogP contribution in [-0.2, 0) is 0 Å². The summed E-state index contributed by atoms with van der Waals surface area (Å²) in [6.45, 7) is 3.17. The average Bonchev–Trinajstić information content (AvgIpc) is 2.89. The number of rotatable bonds is 1. The predicted octanol–water partition coefficient (Wildman–Crippen LogP) is 4.34. The van der Waals surface area contributed by atoms with Gasteiger partial charge in [-0.05, 0) is 61.4 Å². The molecule has 0 atom stereocenters. The van der Waals surface area contributed by atoms with E-state index in [9.17, 15) is 39.6 Å². The van der Waals surface area contributed by atoms with Gasteiger partial charge in [0.25, 0.3) is 0 Å². The van der Waals surface area contributed by atoms with Crippen molar-refractivity contribution in [1.82, 2.24) is 0 Å². The van der Waals surface area contributed by atoms with Gasteiger partial charge in [0.15, 0.2) is 23.1 Å². The number of phenolic OH excluding ortho intramolecular Hbond substituents is 4. The van der Waals surface area contributed by atoms with E-state index in [4.69, 9.17) is 0 Å². The van der Waals surface area contributed by atoms with Crippen LogP contribution in [-0.4, -0.2) is 43.6 Å². The highest BCUT2D eigenvalue weighted by atomic mass is 16.3. The molecule has 0 fully saturated rings. The van der Waals surface area contributed by atoms with E-state index in [0.29, 0.717) is 11.1 Å². The summed E-state index contributed by atoms with van der Waals surface area (Å²) in [4.78, 5) is 54.3. The number of carbonyl (C=O) groups is 4. The van der Waals surface area contributed by atoms with E-state index in [1.54, 1.807) is 13.8 Å². The maximum Gasteiger partial charge on any atom is 0.198 e. The third-order valence-corrected chi connectivity index (χ3v) is 7.26. The minimum Gasteiger partial charge on any atom is -0.507 e. The summed E-state index contributed by atoms with van der Waals surface area (Å²) in [5.41, 5.74) is -1.18. The quantitative estimate of drug-likeness (QED) is 0.257. The highest BCUT2D eigenvalue weighted by Crippen LogP contribution is 2.48. The molecule has 0 amide bonds. The third kappa shape index (κ3) is 2.79. The minimum atomic E-state index is -0.712. The molecule has 6 rings (SSSR count). The van der Waals surface area contributed by atoms with E-state index in [1.807, 2.05) is 0 Å². The average molecular weight is 506 g/mol. The Labute approximate surface area is 215 Å². The van der Waals surface area contributed by atoms with Crippen LogP contribution in [0.3, 0.4) is 0 Å². The van der Waals surface area contributed by atoms with Crippen LogP contribution in [0.2, 0.25) is 0 Å². The molecule has 0 aliphatic heterocycles. The van der Waals surface area contributed by atoms with Gasteiger partial charge in [-0.15, -0.1) is 0 Å². The lowest BCUT2D eigenvalue weighted by Gasteiger charge is -2.26. The minimum absolute atomic E-state index is 0.102. The number of phenols is 4. The van der Waals surface area contributed by atoms with Gasteiger partial charge in [0.05, 0.1) is 11.1 Å². The number of benzene rings is 4. The maximum atomic E-state index is 13.7. The lowest BCUT2D eigenvalue weighted by Crippen LogP contribution is -2.24. The first-order chi connectivity index (χ1) is 18.0. The van der Waals surface area contributed by atoms with Crippen molar-refractivity contribution in [2.75, 3.05) is 0 Å². The summed E-state index contributed by atoms with van der Waals surface area (Å²) in [5, 5.41) is 43.0. The van der Waals surface area contributed by atoms with Crippen LogP contribution in [0.15, 0.2) is 48.5 Å². The Morgan fingerprint density at radius 2 is 0.684 bits per heavy atom. The lowest BCUT2D eigenvalue weighted by molar-refractivity contribution is 0.0975. The molecule has 0 saturated heterocycles. The monoisotopic (exact) mass is 506 g/mol. The smallest absolute Gasteiger partial charge is 0.198 e. The van der Waals surface area contributed by atoms with Crippen LogP contribution in [0.4, 0.5) is 0 Å². The number of hydrogen-bond donors (Lipinski definition) is 4. The number of carbonyl (C=O) groups excluding carboxylic acids is 4. The molecule has 0 spiro atoms. The molecule has 8 heteroatoms. The van der Waals surface area contributed by atoms with Crippen molar-refractivity contribution in [1.29, 1.82) is 0 Å². The topological polar surface area (TPSA) is 149 Å². The Bertz CT molecular complexity index is 1710. The van der Waals surface area contributed by atoms with E-state index in [0.717, 1.165) is 12.1 Å². The zero-order valence-electron chi connectivity index (χ0n) is 20.0. The van der Waals surface area contributed by atoms with Crippen LogP contribution in [0.25, 0.3) is 11.1 Å². The normalized spacial score (nSPS) is 13.6. The Balaban J connectivity index is 1.69. The van der Waals surface area contributed by atoms with Crippen LogP contribution >= 0.6 is 0 Å². The summed E-state index contributed by atoms with van der Waals surface area (Å²) in [6.07, 6.45) is 0. The summed E-state index contributed by atoms with van der Waals surface area (Å²) in [7, 11) is 0. The van der Waals surface area contributed by atoms with Gasteiger partial charge >= 0.3 is 0 Å². The number of ketones is 4. The van der Waals surface area contributed by atoms with Crippen molar-refractivity contribution in [3.63, 3.8) is 0 Å². The van der Waals surface area contributed by atoms with E-state index in [-0.39, 0.29) is 67.1 Å². The van der Waals surface area contributed by atoms with Gasteiger partial charge in [0.2, 0.25) is 0 Å². The zero-order chi connectivity index (χ0) is 27.2. The molecule has 4 aromatic carbocycles. The van der Waals surface area contributed by atoms with Gasteiger partial charge in [0, 0.05) is 44.5 Å². The molecule has 0 unspecified atom stereocenters. The molecule has 38 heavy (non-hydrogen) atoms. The van der Waals surface area contributed by atoms with Crippen LogP contribution in [0, 0.1) is 13.8 Å². The number of fused-ring (bicyclic) bond motifs is 4. The molecule has 186 valence electrons.